The van der Waals surface area contributed by atoms with Crippen molar-refractivity contribution in [2.45, 2.75) is 65.6 Å². The molecule has 178 valence electrons. The third-order valence-electron chi connectivity index (χ3n) is 7.27. The minimum absolute atomic E-state index is 0.00994. The number of hydrogen-bond acceptors (Lipinski definition) is 3. The molecule has 3 aromatic rings. The van der Waals surface area contributed by atoms with Crippen LogP contribution in [0.2, 0.25) is 0 Å². The third-order valence-corrected chi connectivity index (χ3v) is 7.62. The number of aryl methyl sites for hydroxylation is 4. The summed E-state index contributed by atoms with van der Waals surface area (Å²) in [5, 5.41) is 4.38. The van der Waals surface area contributed by atoms with Crippen molar-refractivity contribution in [2.75, 3.05) is 13.2 Å². The zero-order valence-electron chi connectivity index (χ0n) is 20.8. The molecule has 0 saturated carbocycles. The molecule has 0 radical (unpaired) electrons. The Balaban J connectivity index is 1.62. The largest absolute Gasteiger partial charge is 0.376 e. The molecule has 5 rings (SSSR count). The van der Waals surface area contributed by atoms with Crippen LogP contribution >= 0.6 is 12.2 Å². The van der Waals surface area contributed by atoms with Crippen molar-refractivity contribution in [1.29, 1.82) is 0 Å². The summed E-state index contributed by atoms with van der Waals surface area (Å²) in [6.07, 6.45) is 4.28. The fourth-order valence-electron chi connectivity index (χ4n) is 5.90. The van der Waals surface area contributed by atoms with Gasteiger partial charge in [0.1, 0.15) is 0 Å². The molecule has 6 heteroatoms. The second-order valence-corrected chi connectivity index (χ2v) is 10.2. The zero-order valence-corrected chi connectivity index (χ0v) is 21.6. The molecule has 3 atom stereocenters. The molecule has 1 N–H and O–H groups in total. The van der Waals surface area contributed by atoms with Crippen LogP contribution in [-0.4, -0.2) is 38.8 Å². The van der Waals surface area contributed by atoms with E-state index in [1.165, 1.54) is 39.3 Å². The predicted octanol–water partition coefficient (Wildman–Crippen LogP) is 5.57. The molecule has 34 heavy (non-hydrogen) atoms. The molecule has 2 aliphatic heterocycles. The zero-order chi connectivity index (χ0) is 24.0. The first-order valence-electron chi connectivity index (χ1n) is 12.2. The van der Waals surface area contributed by atoms with Crippen LogP contribution in [0.15, 0.2) is 42.6 Å². The van der Waals surface area contributed by atoms with Crippen LogP contribution in [0.1, 0.15) is 64.3 Å². The van der Waals surface area contributed by atoms with Gasteiger partial charge in [0.2, 0.25) is 0 Å². The first-order chi connectivity index (χ1) is 16.3. The molecule has 2 fully saturated rings. The summed E-state index contributed by atoms with van der Waals surface area (Å²) < 4.78 is 8.43. The van der Waals surface area contributed by atoms with E-state index >= 15 is 0 Å². The number of pyridine rings is 1. The number of hydrogen-bond donors (Lipinski definition) is 1. The van der Waals surface area contributed by atoms with Gasteiger partial charge < -0.3 is 19.5 Å². The average molecular weight is 475 g/mol. The van der Waals surface area contributed by atoms with Crippen LogP contribution in [0.5, 0.6) is 0 Å². The van der Waals surface area contributed by atoms with Gasteiger partial charge in [0.25, 0.3) is 0 Å². The molecule has 0 amide bonds. The maximum atomic E-state index is 6.01. The van der Waals surface area contributed by atoms with Crippen molar-refractivity contribution in [2.24, 2.45) is 0 Å². The summed E-state index contributed by atoms with van der Waals surface area (Å²) in [5.41, 5.74) is 9.95. The van der Waals surface area contributed by atoms with Gasteiger partial charge in [0, 0.05) is 30.7 Å². The van der Waals surface area contributed by atoms with E-state index in [9.17, 15) is 0 Å². The summed E-state index contributed by atoms with van der Waals surface area (Å²) in [4.78, 5) is 7.04. The van der Waals surface area contributed by atoms with Gasteiger partial charge in [-0.1, -0.05) is 23.8 Å². The lowest BCUT2D eigenvalue weighted by atomic mass is 9.96. The quantitative estimate of drug-likeness (QED) is 0.490. The standard InChI is InChI=1S/C28H34N4OS/c1-17-13-18(2)26(19(3)14-17)32-20(4)15-23(21(32)5)27-25(24-10-6-7-11-29-24)30-28(34)31(27)16-22-9-8-12-33-22/h6-7,10-11,13-15,22,25,27H,8-9,12,16H2,1-5H3,(H,30,34)/t22-,25+,27-/m0/s1. The van der Waals surface area contributed by atoms with E-state index in [2.05, 4.69) is 79.7 Å². The van der Waals surface area contributed by atoms with Crippen molar-refractivity contribution in [3.63, 3.8) is 0 Å². The molecule has 0 aliphatic carbocycles. The number of thiocarbonyl (C=S) groups is 1. The number of rotatable bonds is 5. The van der Waals surface area contributed by atoms with Crippen LogP contribution < -0.4 is 5.32 Å². The molecule has 4 heterocycles. The van der Waals surface area contributed by atoms with Crippen molar-refractivity contribution >= 4 is 17.3 Å². The predicted molar refractivity (Wildman–Crippen MR) is 141 cm³/mol. The number of benzene rings is 1. The lowest BCUT2D eigenvalue weighted by Gasteiger charge is -2.30. The summed E-state index contributed by atoms with van der Waals surface area (Å²) in [6, 6.07) is 13.0. The monoisotopic (exact) mass is 474 g/mol. The molecular formula is C28H34N4OS. The number of nitrogens with zero attached hydrogens (tertiary/aromatic N) is 3. The minimum atomic E-state index is -0.00994. The van der Waals surface area contributed by atoms with E-state index < -0.39 is 0 Å². The Morgan fingerprint density at radius 1 is 1.09 bits per heavy atom. The van der Waals surface area contributed by atoms with Crippen LogP contribution in [0, 0.1) is 34.6 Å². The van der Waals surface area contributed by atoms with E-state index in [1.807, 2.05) is 12.3 Å². The fraction of sp³-hybridized carbons (Fsp3) is 0.429. The van der Waals surface area contributed by atoms with Crippen molar-refractivity contribution in [3.8, 4) is 5.69 Å². The smallest absolute Gasteiger partial charge is 0.170 e. The minimum Gasteiger partial charge on any atom is -0.376 e. The second kappa shape index (κ2) is 9.16. The Morgan fingerprint density at radius 2 is 1.85 bits per heavy atom. The molecule has 2 saturated heterocycles. The van der Waals surface area contributed by atoms with Gasteiger partial charge in [-0.05, 0) is 94.6 Å². The normalized spacial score (nSPS) is 22.4. The first kappa shape index (κ1) is 23.1. The fourth-order valence-corrected chi connectivity index (χ4v) is 6.22. The number of aromatic nitrogens is 2. The van der Waals surface area contributed by atoms with Gasteiger partial charge in [0.15, 0.2) is 5.11 Å². The van der Waals surface area contributed by atoms with Gasteiger partial charge >= 0.3 is 0 Å². The second-order valence-electron chi connectivity index (χ2n) is 9.82. The van der Waals surface area contributed by atoms with E-state index in [-0.39, 0.29) is 18.2 Å². The number of nitrogens with one attached hydrogen (secondary N) is 1. The lowest BCUT2D eigenvalue weighted by Crippen LogP contribution is -2.36. The SMILES string of the molecule is Cc1cc(C)c(-n2c(C)cc([C@H]3[C@@H](c4ccccn4)NC(=S)N3C[C@@H]3CCCO3)c2C)c(C)c1. The van der Waals surface area contributed by atoms with Crippen molar-refractivity contribution in [3.05, 3.63) is 81.9 Å². The van der Waals surface area contributed by atoms with Crippen LogP contribution in [-0.2, 0) is 4.74 Å². The molecular weight excluding hydrogens is 440 g/mol. The molecule has 2 aliphatic rings. The van der Waals surface area contributed by atoms with Crippen LogP contribution in [0.3, 0.4) is 0 Å². The van der Waals surface area contributed by atoms with Gasteiger partial charge in [-0.25, -0.2) is 0 Å². The topological polar surface area (TPSA) is 42.3 Å². The molecule has 2 aromatic heterocycles. The highest BCUT2D eigenvalue weighted by Crippen LogP contribution is 2.42. The van der Waals surface area contributed by atoms with Crippen LogP contribution in [0.25, 0.3) is 5.69 Å². The van der Waals surface area contributed by atoms with Gasteiger partial charge in [0.05, 0.1) is 29.6 Å². The summed E-state index contributed by atoms with van der Waals surface area (Å²) in [7, 11) is 0. The Labute approximate surface area is 208 Å². The summed E-state index contributed by atoms with van der Waals surface area (Å²) >= 11 is 5.89. The first-order valence-corrected chi connectivity index (χ1v) is 12.6. The van der Waals surface area contributed by atoms with Crippen molar-refractivity contribution in [1.82, 2.24) is 19.8 Å². The Kier molecular flexibility index (Phi) is 6.21. The molecule has 5 nitrogen and oxygen atoms in total. The van der Waals surface area contributed by atoms with Gasteiger partial charge in [-0.2, -0.15) is 0 Å². The van der Waals surface area contributed by atoms with Crippen LogP contribution in [0.4, 0.5) is 0 Å². The van der Waals surface area contributed by atoms with E-state index in [1.54, 1.807) is 0 Å². The molecule has 0 spiro atoms. The van der Waals surface area contributed by atoms with Gasteiger partial charge in [-0.3, -0.25) is 4.98 Å². The lowest BCUT2D eigenvalue weighted by molar-refractivity contribution is 0.0842. The maximum absolute atomic E-state index is 6.01. The third kappa shape index (κ3) is 4.03. The highest BCUT2D eigenvalue weighted by Gasteiger charge is 2.42. The number of ether oxygens (including phenoxy) is 1. The summed E-state index contributed by atoms with van der Waals surface area (Å²) in [5.74, 6) is 0. The molecule has 0 bridgehead atoms. The molecule has 1 aromatic carbocycles. The van der Waals surface area contributed by atoms with E-state index in [0.717, 1.165) is 36.8 Å². The Bertz CT molecular complexity index is 1190. The summed E-state index contributed by atoms with van der Waals surface area (Å²) in [6.45, 7) is 12.7. The molecule has 0 unspecified atom stereocenters. The highest BCUT2D eigenvalue weighted by molar-refractivity contribution is 7.80. The van der Waals surface area contributed by atoms with E-state index in [0.29, 0.717) is 0 Å². The van der Waals surface area contributed by atoms with E-state index in [4.69, 9.17) is 21.9 Å². The van der Waals surface area contributed by atoms with Crippen molar-refractivity contribution < 1.29 is 4.74 Å². The van der Waals surface area contributed by atoms with Gasteiger partial charge in [-0.15, -0.1) is 0 Å². The Hall–Kier alpha value is -2.70. The highest BCUT2D eigenvalue weighted by atomic mass is 32.1. The average Bonchev–Trinajstić information content (AvgIpc) is 3.49. The maximum Gasteiger partial charge on any atom is 0.170 e. The Morgan fingerprint density at radius 3 is 2.50 bits per heavy atom.